The van der Waals surface area contributed by atoms with E-state index in [1.165, 1.54) is 24.1 Å². The molecule has 1 aromatic carbocycles. The van der Waals surface area contributed by atoms with Crippen molar-refractivity contribution in [2.24, 2.45) is 0 Å². The number of rotatable bonds is 1. The Labute approximate surface area is 128 Å². The SMILES string of the molecule is CN1C(C(=O)N2CCOCC2)=C(O)c2ccccc2S1(=O)=O. The Morgan fingerprint density at radius 3 is 2.55 bits per heavy atom. The molecule has 0 aliphatic carbocycles. The Kier molecular flexibility index (Phi) is 3.57. The molecule has 2 heterocycles. The molecule has 0 aromatic heterocycles. The van der Waals surface area contributed by atoms with Crippen LogP contribution < -0.4 is 0 Å². The molecule has 7 nitrogen and oxygen atoms in total. The summed E-state index contributed by atoms with van der Waals surface area (Å²) in [6, 6.07) is 6.09. The maximum atomic E-state index is 12.6. The zero-order valence-electron chi connectivity index (χ0n) is 12.0. The van der Waals surface area contributed by atoms with E-state index in [2.05, 4.69) is 0 Å². The Morgan fingerprint density at radius 1 is 1.23 bits per heavy atom. The van der Waals surface area contributed by atoms with E-state index >= 15 is 0 Å². The number of aliphatic hydroxyl groups excluding tert-OH is 1. The largest absolute Gasteiger partial charge is 0.505 e. The second-order valence-corrected chi connectivity index (χ2v) is 7.01. The zero-order valence-corrected chi connectivity index (χ0v) is 12.8. The van der Waals surface area contributed by atoms with E-state index in [9.17, 15) is 18.3 Å². The second kappa shape index (κ2) is 5.29. The molecule has 0 unspecified atom stereocenters. The van der Waals surface area contributed by atoms with Gasteiger partial charge in [0.1, 0.15) is 0 Å². The van der Waals surface area contributed by atoms with Crippen molar-refractivity contribution in [3.63, 3.8) is 0 Å². The molecular formula is C14H16N2O5S. The molecule has 1 fully saturated rings. The smallest absolute Gasteiger partial charge is 0.275 e. The first kappa shape index (κ1) is 14.9. The number of likely N-dealkylation sites (N-methyl/N-ethyl adjacent to an activating group) is 1. The minimum Gasteiger partial charge on any atom is -0.505 e. The number of amides is 1. The topological polar surface area (TPSA) is 87.2 Å². The number of hydrogen-bond acceptors (Lipinski definition) is 5. The third kappa shape index (κ3) is 2.15. The number of carbonyl (C=O) groups excluding carboxylic acids is 1. The normalized spacial score (nSPS) is 20.8. The number of carbonyl (C=O) groups is 1. The summed E-state index contributed by atoms with van der Waals surface area (Å²) >= 11 is 0. The van der Waals surface area contributed by atoms with E-state index in [4.69, 9.17) is 4.74 Å². The Balaban J connectivity index is 2.12. The van der Waals surface area contributed by atoms with Gasteiger partial charge in [0, 0.05) is 25.7 Å². The number of aliphatic hydroxyl groups is 1. The Morgan fingerprint density at radius 2 is 1.86 bits per heavy atom. The molecule has 1 saturated heterocycles. The van der Waals surface area contributed by atoms with Crippen molar-refractivity contribution in [2.45, 2.75) is 4.90 Å². The third-order valence-corrected chi connectivity index (χ3v) is 5.64. The molecule has 0 radical (unpaired) electrons. The maximum absolute atomic E-state index is 12.6. The molecule has 0 atom stereocenters. The fraction of sp³-hybridized carbons (Fsp3) is 0.357. The van der Waals surface area contributed by atoms with Crippen molar-refractivity contribution in [1.29, 1.82) is 0 Å². The van der Waals surface area contributed by atoms with Crippen LogP contribution in [0.1, 0.15) is 5.56 Å². The molecule has 118 valence electrons. The van der Waals surface area contributed by atoms with Crippen molar-refractivity contribution in [3.05, 3.63) is 35.5 Å². The molecule has 0 bridgehead atoms. The van der Waals surface area contributed by atoms with Gasteiger partial charge in [0.05, 0.1) is 18.1 Å². The highest BCUT2D eigenvalue weighted by Crippen LogP contribution is 2.35. The maximum Gasteiger partial charge on any atom is 0.275 e. The molecular weight excluding hydrogens is 308 g/mol. The summed E-state index contributed by atoms with van der Waals surface area (Å²) < 4.78 is 31.1. The van der Waals surface area contributed by atoms with Gasteiger partial charge in [-0.3, -0.25) is 9.10 Å². The van der Waals surface area contributed by atoms with Crippen molar-refractivity contribution in [3.8, 4) is 0 Å². The van der Waals surface area contributed by atoms with Crippen molar-refractivity contribution in [2.75, 3.05) is 33.4 Å². The van der Waals surface area contributed by atoms with Crippen LogP contribution in [0.2, 0.25) is 0 Å². The van der Waals surface area contributed by atoms with Crippen LogP contribution in [0.25, 0.3) is 5.76 Å². The van der Waals surface area contributed by atoms with Crippen LogP contribution >= 0.6 is 0 Å². The number of morpholine rings is 1. The molecule has 8 heteroatoms. The van der Waals surface area contributed by atoms with Crippen LogP contribution in [0, 0.1) is 0 Å². The fourth-order valence-electron chi connectivity index (χ4n) is 2.58. The van der Waals surface area contributed by atoms with Gasteiger partial charge in [-0.15, -0.1) is 0 Å². The second-order valence-electron chi connectivity index (χ2n) is 5.07. The van der Waals surface area contributed by atoms with Crippen LogP contribution in [0.15, 0.2) is 34.9 Å². The molecule has 1 N–H and O–H groups in total. The summed E-state index contributed by atoms with van der Waals surface area (Å²) in [6.07, 6.45) is 0. The molecule has 2 aliphatic heterocycles. The van der Waals surface area contributed by atoms with Gasteiger partial charge in [0.15, 0.2) is 11.5 Å². The quantitative estimate of drug-likeness (QED) is 0.808. The van der Waals surface area contributed by atoms with E-state index in [1.54, 1.807) is 12.1 Å². The lowest BCUT2D eigenvalue weighted by Crippen LogP contribution is -2.46. The van der Waals surface area contributed by atoms with Gasteiger partial charge >= 0.3 is 0 Å². The van der Waals surface area contributed by atoms with Gasteiger partial charge in [-0.05, 0) is 12.1 Å². The van der Waals surface area contributed by atoms with Gasteiger partial charge in [-0.25, -0.2) is 8.42 Å². The molecule has 1 amide bonds. The number of hydrogen-bond donors (Lipinski definition) is 1. The number of benzene rings is 1. The van der Waals surface area contributed by atoms with Gasteiger partial charge in [-0.1, -0.05) is 12.1 Å². The predicted molar refractivity (Wildman–Crippen MR) is 78.3 cm³/mol. The van der Waals surface area contributed by atoms with E-state index in [1.807, 2.05) is 0 Å². The first-order valence-corrected chi connectivity index (χ1v) is 8.27. The lowest BCUT2D eigenvalue weighted by Gasteiger charge is -2.33. The van der Waals surface area contributed by atoms with E-state index in [-0.39, 0.29) is 21.9 Å². The van der Waals surface area contributed by atoms with Crippen molar-refractivity contribution in [1.82, 2.24) is 9.21 Å². The average molecular weight is 324 g/mol. The first-order valence-electron chi connectivity index (χ1n) is 6.83. The lowest BCUT2D eigenvalue weighted by molar-refractivity contribution is -0.132. The number of nitrogens with zero attached hydrogens (tertiary/aromatic N) is 2. The minimum atomic E-state index is -3.85. The summed E-state index contributed by atoms with van der Waals surface area (Å²) in [5.41, 5.74) is -0.0715. The third-order valence-electron chi connectivity index (χ3n) is 3.82. The number of fused-ring (bicyclic) bond motifs is 1. The van der Waals surface area contributed by atoms with E-state index in [0.29, 0.717) is 26.3 Å². The van der Waals surface area contributed by atoms with Crippen molar-refractivity contribution < 1.29 is 23.1 Å². The molecule has 22 heavy (non-hydrogen) atoms. The minimum absolute atomic E-state index is 0.00599. The molecule has 3 rings (SSSR count). The summed E-state index contributed by atoms with van der Waals surface area (Å²) in [5, 5.41) is 10.4. The lowest BCUT2D eigenvalue weighted by atomic mass is 10.1. The summed E-state index contributed by atoms with van der Waals surface area (Å²) in [7, 11) is -2.58. The summed E-state index contributed by atoms with van der Waals surface area (Å²) in [5.74, 6) is -0.828. The summed E-state index contributed by atoms with van der Waals surface area (Å²) in [4.78, 5) is 14.1. The Hall–Kier alpha value is -2.06. The van der Waals surface area contributed by atoms with Crippen molar-refractivity contribution >= 4 is 21.7 Å². The highest BCUT2D eigenvalue weighted by atomic mass is 32.2. The number of ether oxygens (including phenoxy) is 1. The van der Waals surface area contributed by atoms with E-state index < -0.39 is 15.9 Å². The van der Waals surface area contributed by atoms with Gasteiger partial charge in [0.2, 0.25) is 0 Å². The highest BCUT2D eigenvalue weighted by molar-refractivity contribution is 7.89. The Bertz CT molecular complexity index is 750. The molecule has 0 saturated carbocycles. The van der Waals surface area contributed by atoms with Crippen LogP contribution in [-0.4, -0.2) is 62.0 Å². The molecule has 1 aromatic rings. The number of sulfonamides is 1. The monoisotopic (exact) mass is 324 g/mol. The first-order chi connectivity index (χ1) is 10.4. The van der Waals surface area contributed by atoms with Crippen LogP contribution in [0.3, 0.4) is 0 Å². The van der Waals surface area contributed by atoms with Crippen LogP contribution in [0.4, 0.5) is 0 Å². The highest BCUT2D eigenvalue weighted by Gasteiger charge is 2.39. The molecule has 2 aliphatic rings. The average Bonchev–Trinajstić information content (AvgIpc) is 2.54. The van der Waals surface area contributed by atoms with Gasteiger partial charge in [0.25, 0.3) is 15.9 Å². The fourth-order valence-corrected chi connectivity index (χ4v) is 3.98. The standard InChI is InChI=1S/C14H16N2O5S/c1-15-12(14(18)16-6-8-21-9-7-16)13(17)10-4-2-3-5-11(10)22(15,19)20/h2-5,17H,6-9H2,1H3. The van der Waals surface area contributed by atoms with Crippen LogP contribution in [-0.2, 0) is 19.6 Å². The zero-order chi connectivity index (χ0) is 15.9. The predicted octanol–water partition coefficient (Wildman–Crippen LogP) is 0.406. The van der Waals surface area contributed by atoms with E-state index in [0.717, 1.165) is 4.31 Å². The van der Waals surface area contributed by atoms with Crippen LogP contribution in [0.5, 0.6) is 0 Å². The van der Waals surface area contributed by atoms with Gasteiger partial charge in [-0.2, -0.15) is 0 Å². The molecule has 0 spiro atoms. The van der Waals surface area contributed by atoms with Gasteiger partial charge < -0.3 is 14.7 Å². The summed E-state index contributed by atoms with van der Waals surface area (Å²) in [6.45, 7) is 1.52.